The molecule has 0 saturated heterocycles. The molecule has 0 unspecified atom stereocenters. The molecule has 4 aromatic rings. The van der Waals surface area contributed by atoms with E-state index in [9.17, 15) is 9.18 Å². The molecule has 4 N–H and O–H groups in total. The molecule has 0 spiro atoms. The van der Waals surface area contributed by atoms with Crippen LogP contribution in [0.2, 0.25) is 0 Å². The van der Waals surface area contributed by atoms with E-state index in [4.69, 9.17) is 12.2 Å². The first-order valence-corrected chi connectivity index (χ1v) is 10.0. The number of thiocarbonyl (C=S) groups is 1. The summed E-state index contributed by atoms with van der Waals surface area (Å²) >= 11 is 5.08. The Morgan fingerprint density at radius 3 is 2.45 bits per heavy atom. The number of nitrogens with zero attached hydrogens (tertiary/aromatic N) is 1. The minimum Gasteiger partial charge on any atom is -0.338 e. The number of imidazole rings is 1. The molecule has 8 heteroatoms. The van der Waals surface area contributed by atoms with Crippen molar-refractivity contribution in [2.45, 2.75) is 13.8 Å². The van der Waals surface area contributed by atoms with Gasteiger partial charge in [0, 0.05) is 11.1 Å². The largest absolute Gasteiger partial charge is 0.338 e. The van der Waals surface area contributed by atoms with Gasteiger partial charge in [-0.1, -0.05) is 24.3 Å². The molecule has 0 radical (unpaired) electrons. The Bertz CT molecular complexity index is 1240. The Morgan fingerprint density at radius 1 is 1.00 bits per heavy atom. The van der Waals surface area contributed by atoms with Crippen molar-refractivity contribution in [1.82, 2.24) is 20.8 Å². The normalized spacial score (nSPS) is 10.7. The Morgan fingerprint density at radius 2 is 1.71 bits per heavy atom. The lowest BCUT2D eigenvalue weighted by molar-refractivity contribution is 0.0944. The molecule has 0 saturated carbocycles. The molecule has 0 aliphatic heterocycles. The second kappa shape index (κ2) is 8.53. The first kappa shape index (κ1) is 20.5. The van der Waals surface area contributed by atoms with E-state index in [1.54, 1.807) is 30.3 Å². The van der Waals surface area contributed by atoms with E-state index in [0.717, 1.165) is 22.4 Å². The number of benzene rings is 3. The number of aromatic amines is 1. The van der Waals surface area contributed by atoms with Gasteiger partial charge in [-0.15, -0.1) is 0 Å². The summed E-state index contributed by atoms with van der Waals surface area (Å²) in [7, 11) is 0. The number of H-pyrrole nitrogens is 1. The number of hydrazine groups is 1. The topological polar surface area (TPSA) is 81.8 Å². The van der Waals surface area contributed by atoms with E-state index in [-0.39, 0.29) is 16.7 Å². The number of fused-ring (bicyclic) bond motifs is 1. The second-order valence-corrected chi connectivity index (χ2v) is 7.54. The Kier molecular flexibility index (Phi) is 5.64. The minimum absolute atomic E-state index is 0.0722. The van der Waals surface area contributed by atoms with Crippen LogP contribution in [0.5, 0.6) is 0 Å². The van der Waals surface area contributed by atoms with Crippen LogP contribution in [-0.2, 0) is 0 Å². The average molecular weight is 434 g/mol. The van der Waals surface area contributed by atoms with Gasteiger partial charge in [0.25, 0.3) is 5.91 Å². The number of halogens is 1. The molecule has 156 valence electrons. The fraction of sp³-hybridized carbons (Fsp3) is 0.0870. The summed E-state index contributed by atoms with van der Waals surface area (Å²) in [4.78, 5) is 20.3. The highest BCUT2D eigenvalue weighted by Crippen LogP contribution is 2.23. The number of para-hydroxylation sites is 1. The van der Waals surface area contributed by atoms with Crippen molar-refractivity contribution in [2.75, 3.05) is 5.32 Å². The minimum atomic E-state index is -0.440. The standard InChI is InChI=1S/C23H20FN5OS/c1-13-11-19-20(12-14(13)2)26-21(25-19)15-7-9-16(10-8-15)22(30)28-29-23(31)27-18-6-4-3-5-17(18)24/h3-12H,1-2H3,(H,25,26)(H,28,30)(H2,27,29,31). The van der Waals surface area contributed by atoms with Gasteiger partial charge >= 0.3 is 0 Å². The van der Waals surface area contributed by atoms with Crippen LogP contribution in [0.15, 0.2) is 60.7 Å². The van der Waals surface area contributed by atoms with Gasteiger partial charge in [-0.2, -0.15) is 0 Å². The number of hydrogen-bond acceptors (Lipinski definition) is 3. The van der Waals surface area contributed by atoms with Crippen molar-refractivity contribution in [3.63, 3.8) is 0 Å². The molecule has 1 heterocycles. The average Bonchev–Trinajstić information content (AvgIpc) is 3.17. The first-order valence-electron chi connectivity index (χ1n) is 9.60. The molecule has 0 bridgehead atoms. The molecule has 31 heavy (non-hydrogen) atoms. The lowest BCUT2D eigenvalue weighted by Crippen LogP contribution is -2.43. The number of nitrogens with one attached hydrogen (secondary N) is 4. The number of anilines is 1. The fourth-order valence-electron chi connectivity index (χ4n) is 3.09. The molecule has 0 aliphatic carbocycles. The zero-order valence-corrected chi connectivity index (χ0v) is 17.7. The second-order valence-electron chi connectivity index (χ2n) is 7.13. The zero-order valence-electron chi connectivity index (χ0n) is 16.9. The maximum absolute atomic E-state index is 13.7. The number of rotatable bonds is 3. The molecule has 1 amide bonds. The maximum Gasteiger partial charge on any atom is 0.269 e. The lowest BCUT2D eigenvalue weighted by Gasteiger charge is -2.12. The van der Waals surface area contributed by atoms with Crippen LogP contribution in [0, 0.1) is 19.7 Å². The van der Waals surface area contributed by atoms with Crippen molar-refractivity contribution in [1.29, 1.82) is 0 Å². The van der Waals surface area contributed by atoms with E-state index >= 15 is 0 Å². The Labute approximate surface area is 183 Å². The molecular formula is C23H20FN5OS. The summed E-state index contributed by atoms with van der Waals surface area (Å²) in [6.45, 7) is 4.12. The number of amides is 1. The van der Waals surface area contributed by atoms with Crippen LogP contribution in [0.1, 0.15) is 21.5 Å². The predicted octanol–water partition coefficient (Wildman–Crippen LogP) is 4.62. The highest BCUT2D eigenvalue weighted by Gasteiger charge is 2.10. The number of carbonyl (C=O) groups excluding carboxylic acids is 1. The van der Waals surface area contributed by atoms with Gasteiger partial charge in [0.15, 0.2) is 5.11 Å². The molecule has 3 aromatic carbocycles. The summed E-state index contributed by atoms with van der Waals surface area (Å²) in [5.41, 5.74) is 10.8. The molecular weight excluding hydrogens is 413 g/mol. The van der Waals surface area contributed by atoms with E-state index in [1.165, 1.54) is 17.2 Å². The molecule has 4 rings (SSSR count). The van der Waals surface area contributed by atoms with Crippen LogP contribution < -0.4 is 16.2 Å². The van der Waals surface area contributed by atoms with Crippen LogP contribution in [-0.4, -0.2) is 21.0 Å². The summed E-state index contributed by atoms with van der Waals surface area (Å²) in [5.74, 6) is -0.0788. The van der Waals surface area contributed by atoms with Gasteiger partial charge in [-0.25, -0.2) is 9.37 Å². The highest BCUT2D eigenvalue weighted by atomic mass is 32.1. The first-order chi connectivity index (χ1) is 14.9. The van der Waals surface area contributed by atoms with Gasteiger partial charge in [0.05, 0.1) is 16.7 Å². The Hall–Kier alpha value is -3.78. The fourth-order valence-corrected chi connectivity index (χ4v) is 3.25. The Balaban J connectivity index is 1.40. The maximum atomic E-state index is 13.7. The van der Waals surface area contributed by atoms with Crippen molar-refractivity contribution < 1.29 is 9.18 Å². The van der Waals surface area contributed by atoms with Crippen molar-refractivity contribution in [3.8, 4) is 11.4 Å². The lowest BCUT2D eigenvalue weighted by atomic mass is 10.1. The van der Waals surface area contributed by atoms with Gasteiger partial charge in [0.1, 0.15) is 11.6 Å². The van der Waals surface area contributed by atoms with Gasteiger partial charge in [-0.05, 0) is 73.6 Å². The van der Waals surface area contributed by atoms with Crippen LogP contribution in [0.3, 0.4) is 0 Å². The third-order valence-electron chi connectivity index (χ3n) is 4.93. The summed E-state index contributed by atoms with van der Waals surface area (Å²) in [6, 6.07) is 17.3. The molecule has 0 aliphatic rings. The van der Waals surface area contributed by atoms with Gasteiger partial charge < -0.3 is 10.3 Å². The summed E-state index contributed by atoms with van der Waals surface area (Å²) in [6.07, 6.45) is 0. The van der Waals surface area contributed by atoms with Crippen LogP contribution in [0.25, 0.3) is 22.4 Å². The van der Waals surface area contributed by atoms with E-state index in [0.29, 0.717) is 5.56 Å². The SMILES string of the molecule is Cc1cc2nc(-c3ccc(C(=O)NNC(=S)Nc4ccccc4F)cc3)[nH]c2cc1C. The van der Waals surface area contributed by atoms with Crippen molar-refractivity contribution in [3.05, 3.63) is 83.2 Å². The molecule has 1 aromatic heterocycles. The predicted molar refractivity (Wildman–Crippen MR) is 124 cm³/mol. The molecule has 0 fully saturated rings. The highest BCUT2D eigenvalue weighted by molar-refractivity contribution is 7.80. The van der Waals surface area contributed by atoms with E-state index in [2.05, 4.69) is 52.1 Å². The zero-order chi connectivity index (χ0) is 22.0. The van der Waals surface area contributed by atoms with Crippen molar-refractivity contribution >= 4 is 40.0 Å². The van der Waals surface area contributed by atoms with Gasteiger partial charge in [-0.3, -0.25) is 15.6 Å². The summed E-state index contributed by atoms with van der Waals surface area (Å²) in [5, 5.41) is 2.76. The third-order valence-corrected chi connectivity index (χ3v) is 5.13. The number of aromatic nitrogens is 2. The molecule has 6 nitrogen and oxygen atoms in total. The van der Waals surface area contributed by atoms with Crippen LogP contribution >= 0.6 is 12.2 Å². The van der Waals surface area contributed by atoms with Crippen molar-refractivity contribution in [2.24, 2.45) is 0 Å². The number of carbonyl (C=O) groups is 1. The molecule has 0 atom stereocenters. The van der Waals surface area contributed by atoms with Crippen LogP contribution in [0.4, 0.5) is 10.1 Å². The third kappa shape index (κ3) is 4.54. The number of aryl methyl sites for hydroxylation is 2. The van der Waals surface area contributed by atoms with Gasteiger partial charge in [0.2, 0.25) is 0 Å². The number of hydrogen-bond donors (Lipinski definition) is 4. The van der Waals surface area contributed by atoms with E-state index < -0.39 is 5.82 Å². The monoisotopic (exact) mass is 433 g/mol. The summed E-state index contributed by atoms with van der Waals surface area (Å²) < 4.78 is 13.7. The quantitative estimate of drug-likeness (QED) is 0.280. The van der Waals surface area contributed by atoms with E-state index in [1.807, 2.05) is 12.1 Å². The smallest absolute Gasteiger partial charge is 0.269 e.